The van der Waals surface area contributed by atoms with E-state index >= 15 is 0 Å². The summed E-state index contributed by atoms with van der Waals surface area (Å²) in [5, 5.41) is 3.31. The molecule has 1 aliphatic rings. The van der Waals surface area contributed by atoms with E-state index in [4.69, 9.17) is 4.74 Å². The number of rotatable bonds is 5. The van der Waals surface area contributed by atoms with Crippen LogP contribution in [0, 0.1) is 0 Å². The van der Waals surface area contributed by atoms with Crippen molar-refractivity contribution in [1.82, 2.24) is 5.32 Å². The van der Waals surface area contributed by atoms with Crippen molar-refractivity contribution in [2.24, 2.45) is 0 Å². The fraction of sp³-hybridized carbons (Fsp3) is 0.538. The van der Waals surface area contributed by atoms with Crippen LogP contribution in [0.25, 0.3) is 0 Å². The third kappa shape index (κ3) is 2.72. The van der Waals surface area contributed by atoms with E-state index < -0.39 is 0 Å². The van der Waals surface area contributed by atoms with Gasteiger partial charge >= 0.3 is 0 Å². The molecule has 1 saturated carbocycles. The normalized spacial score (nSPS) is 17.5. The molecular formula is C13H19NO. The molecule has 0 aromatic heterocycles. The second-order valence-electron chi connectivity index (χ2n) is 4.14. The quantitative estimate of drug-likeness (QED) is 0.798. The summed E-state index contributed by atoms with van der Waals surface area (Å²) in [7, 11) is 2.00. The second-order valence-corrected chi connectivity index (χ2v) is 4.14. The molecule has 2 nitrogen and oxygen atoms in total. The molecule has 2 rings (SSSR count). The van der Waals surface area contributed by atoms with Gasteiger partial charge in [-0.2, -0.15) is 0 Å². The SMILES string of the molecule is CCC(NC)c1cccc(OC2CC2)c1. The van der Waals surface area contributed by atoms with Crippen LogP contribution in [0.5, 0.6) is 5.75 Å². The van der Waals surface area contributed by atoms with Crippen molar-refractivity contribution in [3.8, 4) is 5.75 Å². The number of hydrogen-bond donors (Lipinski definition) is 1. The lowest BCUT2D eigenvalue weighted by Crippen LogP contribution is -2.15. The van der Waals surface area contributed by atoms with Gasteiger partial charge in [-0.3, -0.25) is 0 Å². The highest BCUT2D eigenvalue weighted by molar-refractivity contribution is 5.31. The Hall–Kier alpha value is -1.02. The van der Waals surface area contributed by atoms with E-state index in [9.17, 15) is 0 Å². The summed E-state index contributed by atoms with van der Waals surface area (Å²) in [6, 6.07) is 8.87. The number of ether oxygens (including phenoxy) is 1. The molecular weight excluding hydrogens is 186 g/mol. The zero-order chi connectivity index (χ0) is 10.7. The molecule has 1 aromatic rings. The fourth-order valence-corrected chi connectivity index (χ4v) is 1.79. The highest BCUT2D eigenvalue weighted by Crippen LogP contribution is 2.28. The summed E-state index contributed by atoms with van der Waals surface area (Å²) in [6.07, 6.45) is 4.01. The summed E-state index contributed by atoms with van der Waals surface area (Å²) in [4.78, 5) is 0. The van der Waals surface area contributed by atoms with Gasteiger partial charge in [0.05, 0.1) is 6.10 Å². The van der Waals surface area contributed by atoms with Gasteiger partial charge in [0.2, 0.25) is 0 Å². The van der Waals surface area contributed by atoms with E-state index in [1.165, 1.54) is 18.4 Å². The van der Waals surface area contributed by atoms with Gasteiger partial charge in [0.25, 0.3) is 0 Å². The number of benzene rings is 1. The lowest BCUT2D eigenvalue weighted by Gasteiger charge is -2.15. The van der Waals surface area contributed by atoms with E-state index in [0.717, 1.165) is 12.2 Å². The predicted molar refractivity (Wildman–Crippen MR) is 62.2 cm³/mol. The molecule has 1 fully saturated rings. The van der Waals surface area contributed by atoms with Crippen molar-refractivity contribution in [1.29, 1.82) is 0 Å². The topological polar surface area (TPSA) is 21.3 Å². The summed E-state index contributed by atoms with van der Waals surface area (Å²) in [5.74, 6) is 1.02. The van der Waals surface area contributed by atoms with Crippen molar-refractivity contribution >= 4 is 0 Å². The minimum atomic E-state index is 0.438. The predicted octanol–water partition coefficient (Wildman–Crippen LogP) is 2.90. The van der Waals surface area contributed by atoms with Crippen LogP contribution in [0.1, 0.15) is 37.8 Å². The molecule has 0 saturated heterocycles. The minimum Gasteiger partial charge on any atom is -0.490 e. The molecule has 0 radical (unpaired) electrons. The van der Waals surface area contributed by atoms with Crippen LogP contribution in [-0.4, -0.2) is 13.2 Å². The van der Waals surface area contributed by atoms with Crippen LogP contribution in [0.2, 0.25) is 0 Å². The fourth-order valence-electron chi connectivity index (χ4n) is 1.79. The maximum absolute atomic E-state index is 5.78. The molecule has 0 aliphatic heterocycles. The van der Waals surface area contributed by atoms with Gasteiger partial charge in [-0.15, -0.1) is 0 Å². The Morgan fingerprint density at radius 3 is 2.87 bits per heavy atom. The van der Waals surface area contributed by atoms with Crippen molar-refractivity contribution in [3.63, 3.8) is 0 Å². The van der Waals surface area contributed by atoms with Crippen LogP contribution in [-0.2, 0) is 0 Å². The summed E-state index contributed by atoms with van der Waals surface area (Å²) < 4.78 is 5.78. The maximum atomic E-state index is 5.78. The highest BCUT2D eigenvalue weighted by atomic mass is 16.5. The van der Waals surface area contributed by atoms with Crippen molar-refractivity contribution < 1.29 is 4.74 Å². The molecule has 0 spiro atoms. The first-order valence-electron chi connectivity index (χ1n) is 5.77. The monoisotopic (exact) mass is 205 g/mol. The van der Waals surface area contributed by atoms with Crippen LogP contribution in [0.4, 0.5) is 0 Å². The lowest BCUT2D eigenvalue weighted by molar-refractivity contribution is 0.302. The van der Waals surface area contributed by atoms with Crippen LogP contribution < -0.4 is 10.1 Å². The van der Waals surface area contributed by atoms with E-state index in [-0.39, 0.29) is 0 Å². The van der Waals surface area contributed by atoms with Crippen LogP contribution in [0.3, 0.4) is 0 Å². The molecule has 0 amide bonds. The Kier molecular flexibility index (Phi) is 3.27. The van der Waals surface area contributed by atoms with Crippen LogP contribution in [0.15, 0.2) is 24.3 Å². The molecule has 1 aliphatic carbocycles. The van der Waals surface area contributed by atoms with Crippen molar-refractivity contribution in [3.05, 3.63) is 29.8 Å². The summed E-state index contributed by atoms with van der Waals surface area (Å²) in [6.45, 7) is 2.19. The Labute approximate surface area is 91.6 Å². The molecule has 1 atom stereocenters. The smallest absolute Gasteiger partial charge is 0.120 e. The molecule has 1 N–H and O–H groups in total. The summed E-state index contributed by atoms with van der Waals surface area (Å²) in [5.41, 5.74) is 1.32. The molecule has 2 heteroatoms. The average molecular weight is 205 g/mol. The third-order valence-corrected chi connectivity index (χ3v) is 2.84. The first-order chi connectivity index (χ1) is 7.33. The Morgan fingerprint density at radius 1 is 1.47 bits per heavy atom. The lowest BCUT2D eigenvalue weighted by atomic mass is 10.0. The Balaban J connectivity index is 2.09. The first kappa shape index (κ1) is 10.5. The van der Waals surface area contributed by atoms with Gasteiger partial charge in [-0.1, -0.05) is 19.1 Å². The minimum absolute atomic E-state index is 0.438. The molecule has 15 heavy (non-hydrogen) atoms. The second kappa shape index (κ2) is 4.67. The maximum Gasteiger partial charge on any atom is 0.120 e. The first-order valence-corrected chi connectivity index (χ1v) is 5.77. The Morgan fingerprint density at radius 2 is 2.27 bits per heavy atom. The standard InChI is InChI=1S/C13H19NO/c1-3-13(14-2)10-5-4-6-12(9-10)15-11-7-8-11/h4-6,9,11,13-14H,3,7-8H2,1-2H3. The number of hydrogen-bond acceptors (Lipinski definition) is 2. The van der Waals surface area contributed by atoms with E-state index in [2.05, 4.69) is 30.4 Å². The molecule has 1 unspecified atom stereocenters. The molecule has 0 heterocycles. The van der Waals surface area contributed by atoms with Gasteiger partial charge in [0.1, 0.15) is 5.75 Å². The van der Waals surface area contributed by atoms with Crippen LogP contribution >= 0.6 is 0 Å². The van der Waals surface area contributed by atoms with Gasteiger partial charge in [0, 0.05) is 6.04 Å². The van der Waals surface area contributed by atoms with Crippen molar-refractivity contribution in [2.75, 3.05) is 7.05 Å². The third-order valence-electron chi connectivity index (χ3n) is 2.84. The van der Waals surface area contributed by atoms with E-state index in [0.29, 0.717) is 12.1 Å². The Bertz CT molecular complexity index is 316. The largest absolute Gasteiger partial charge is 0.490 e. The zero-order valence-electron chi connectivity index (χ0n) is 9.49. The van der Waals surface area contributed by atoms with E-state index in [1.54, 1.807) is 0 Å². The molecule has 1 aromatic carbocycles. The van der Waals surface area contributed by atoms with E-state index in [1.807, 2.05) is 13.1 Å². The average Bonchev–Trinajstić information content (AvgIpc) is 3.04. The molecule has 82 valence electrons. The van der Waals surface area contributed by atoms with Crippen molar-refractivity contribution in [2.45, 2.75) is 38.3 Å². The highest BCUT2D eigenvalue weighted by Gasteiger charge is 2.23. The number of nitrogens with one attached hydrogen (secondary N) is 1. The van der Waals surface area contributed by atoms with Gasteiger partial charge in [-0.05, 0) is 44.0 Å². The van der Waals surface area contributed by atoms with Gasteiger partial charge in [0.15, 0.2) is 0 Å². The summed E-state index contributed by atoms with van der Waals surface area (Å²) >= 11 is 0. The van der Waals surface area contributed by atoms with Gasteiger partial charge < -0.3 is 10.1 Å². The molecule has 0 bridgehead atoms. The van der Waals surface area contributed by atoms with Gasteiger partial charge in [-0.25, -0.2) is 0 Å². The zero-order valence-corrected chi connectivity index (χ0v) is 9.49.